The molecule has 0 spiro atoms. The van der Waals surface area contributed by atoms with Gasteiger partial charge in [-0.2, -0.15) is 5.10 Å². The van der Waals surface area contributed by atoms with Crippen molar-refractivity contribution in [2.75, 3.05) is 13.1 Å². The first-order chi connectivity index (χ1) is 12.7. The number of para-hydroxylation sites is 1. The van der Waals surface area contributed by atoms with E-state index in [1.807, 2.05) is 41.1 Å². The van der Waals surface area contributed by atoms with Crippen molar-refractivity contribution in [3.63, 3.8) is 0 Å². The molecule has 3 aromatic rings. The van der Waals surface area contributed by atoms with Crippen molar-refractivity contribution in [3.8, 4) is 16.9 Å². The van der Waals surface area contributed by atoms with Gasteiger partial charge in [0.25, 0.3) is 0 Å². The van der Waals surface area contributed by atoms with Crippen molar-refractivity contribution in [1.82, 2.24) is 15.1 Å². The highest BCUT2D eigenvalue weighted by Gasteiger charge is 2.26. The first-order valence-electron chi connectivity index (χ1n) is 8.97. The number of hydrogen-bond donors (Lipinski definition) is 1. The van der Waals surface area contributed by atoms with Gasteiger partial charge < -0.3 is 5.32 Å². The number of nitrogens with one attached hydrogen (secondary N) is 1. The largest absolute Gasteiger partial charge is 0.317 e. The fourth-order valence-electron chi connectivity index (χ4n) is 3.77. The summed E-state index contributed by atoms with van der Waals surface area (Å²) in [5, 5.41) is 9.76. The zero-order valence-electron chi connectivity index (χ0n) is 14.7. The van der Waals surface area contributed by atoms with Gasteiger partial charge in [0.2, 0.25) is 0 Å². The van der Waals surface area contributed by atoms with E-state index in [9.17, 15) is 0 Å². The van der Waals surface area contributed by atoms with Gasteiger partial charge >= 0.3 is 0 Å². The Morgan fingerprint density at radius 1 is 0.962 bits per heavy atom. The average Bonchev–Trinajstić information content (AvgIpc) is 3.00. The predicted octanol–water partition coefficient (Wildman–Crippen LogP) is 5.62. The molecule has 0 aliphatic carbocycles. The van der Waals surface area contributed by atoms with Crippen LogP contribution < -0.4 is 5.32 Å². The molecular formula is C21H21Cl2N3. The summed E-state index contributed by atoms with van der Waals surface area (Å²) in [5.74, 6) is 0.459. The molecule has 2 heterocycles. The predicted molar refractivity (Wildman–Crippen MR) is 109 cm³/mol. The highest BCUT2D eigenvalue weighted by atomic mass is 35.5. The Hall–Kier alpha value is -1.81. The van der Waals surface area contributed by atoms with Gasteiger partial charge in [-0.15, -0.1) is 0 Å². The molecule has 0 amide bonds. The molecule has 1 aromatic heterocycles. The Labute approximate surface area is 163 Å². The Bertz CT molecular complexity index is 892. The lowest BCUT2D eigenvalue weighted by molar-refractivity contribution is 0.450. The molecule has 3 nitrogen and oxygen atoms in total. The lowest BCUT2D eigenvalue weighted by Gasteiger charge is -2.21. The molecule has 0 radical (unpaired) electrons. The number of aromatic nitrogens is 2. The van der Waals surface area contributed by atoms with E-state index in [4.69, 9.17) is 28.3 Å². The van der Waals surface area contributed by atoms with Crippen LogP contribution in [0.15, 0.2) is 48.5 Å². The maximum Gasteiger partial charge on any atom is 0.0803 e. The molecule has 1 saturated heterocycles. The van der Waals surface area contributed by atoms with Gasteiger partial charge in [0.05, 0.1) is 27.1 Å². The van der Waals surface area contributed by atoms with E-state index in [1.54, 1.807) is 0 Å². The first-order valence-corrected chi connectivity index (χ1v) is 9.72. The molecule has 4 rings (SSSR count). The Morgan fingerprint density at radius 3 is 2.27 bits per heavy atom. The van der Waals surface area contributed by atoms with E-state index in [0.29, 0.717) is 16.0 Å². The summed E-state index contributed by atoms with van der Waals surface area (Å²) in [5.41, 5.74) is 5.17. The molecule has 1 aliphatic rings. The molecular weight excluding hydrogens is 365 g/mol. The quantitative estimate of drug-likeness (QED) is 0.633. The minimum absolute atomic E-state index is 0.459. The molecule has 0 atom stereocenters. The lowest BCUT2D eigenvalue weighted by Crippen LogP contribution is -2.27. The minimum atomic E-state index is 0.459. The van der Waals surface area contributed by atoms with Crippen LogP contribution in [0.25, 0.3) is 16.9 Å². The Balaban J connectivity index is 1.95. The van der Waals surface area contributed by atoms with Crippen LogP contribution in [0.5, 0.6) is 0 Å². The third kappa shape index (κ3) is 3.16. The zero-order chi connectivity index (χ0) is 18.1. The normalized spacial score (nSPS) is 15.3. The Kier molecular flexibility index (Phi) is 5.03. The van der Waals surface area contributed by atoms with Crippen LogP contribution in [0, 0.1) is 6.92 Å². The molecule has 5 heteroatoms. The standard InChI is InChI=1S/C21H21Cl2N3/c1-14-20(15-10-12-24-13-11-15)25-26(16-6-3-2-4-7-16)21(14)19-17(22)8-5-9-18(19)23/h2-9,15,24H,10-13H2,1H3. The van der Waals surface area contributed by atoms with E-state index in [-0.39, 0.29) is 0 Å². The van der Waals surface area contributed by atoms with Crippen molar-refractivity contribution in [2.24, 2.45) is 0 Å². The molecule has 0 saturated carbocycles. The number of piperidine rings is 1. The van der Waals surface area contributed by atoms with Crippen molar-refractivity contribution < 1.29 is 0 Å². The number of benzene rings is 2. The van der Waals surface area contributed by atoms with Crippen molar-refractivity contribution in [2.45, 2.75) is 25.7 Å². The number of halogens is 2. The van der Waals surface area contributed by atoms with E-state index in [0.717, 1.165) is 54.1 Å². The Morgan fingerprint density at radius 2 is 1.62 bits per heavy atom. The fraction of sp³-hybridized carbons (Fsp3) is 0.286. The minimum Gasteiger partial charge on any atom is -0.317 e. The van der Waals surface area contributed by atoms with Gasteiger partial charge in [-0.25, -0.2) is 4.68 Å². The van der Waals surface area contributed by atoms with E-state index < -0.39 is 0 Å². The van der Waals surface area contributed by atoms with Gasteiger partial charge in [-0.3, -0.25) is 0 Å². The molecule has 1 aliphatic heterocycles. The molecule has 0 unspecified atom stereocenters. The fourth-order valence-corrected chi connectivity index (χ4v) is 4.35. The highest BCUT2D eigenvalue weighted by molar-refractivity contribution is 6.39. The lowest BCUT2D eigenvalue weighted by atomic mass is 9.91. The summed E-state index contributed by atoms with van der Waals surface area (Å²) in [6.07, 6.45) is 2.20. The van der Waals surface area contributed by atoms with Crippen LogP contribution in [0.2, 0.25) is 10.0 Å². The zero-order valence-corrected chi connectivity index (χ0v) is 16.2. The van der Waals surface area contributed by atoms with Crippen molar-refractivity contribution in [3.05, 3.63) is 69.8 Å². The molecule has 2 aromatic carbocycles. The maximum atomic E-state index is 6.55. The highest BCUT2D eigenvalue weighted by Crippen LogP contribution is 2.40. The average molecular weight is 386 g/mol. The second-order valence-electron chi connectivity index (χ2n) is 6.73. The number of hydrogen-bond acceptors (Lipinski definition) is 2. The van der Waals surface area contributed by atoms with Gasteiger partial charge in [0.1, 0.15) is 0 Å². The van der Waals surface area contributed by atoms with Gasteiger partial charge in [-0.05, 0) is 62.7 Å². The molecule has 1 fully saturated rings. The van der Waals surface area contributed by atoms with E-state index in [2.05, 4.69) is 24.4 Å². The van der Waals surface area contributed by atoms with Crippen molar-refractivity contribution in [1.29, 1.82) is 0 Å². The molecule has 1 N–H and O–H groups in total. The van der Waals surface area contributed by atoms with Crippen LogP contribution in [0.4, 0.5) is 0 Å². The van der Waals surface area contributed by atoms with Gasteiger partial charge in [0, 0.05) is 11.5 Å². The SMILES string of the molecule is Cc1c(C2CCNCC2)nn(-c2ccccc2)c1-c1c(Cl)cccc1Cl. The van der Waals surface area contributed by atoms with Crippen LogP contribution in [-0.4, -0.2) is 22.9 Å². The smallest absolute Gasteiger partial charge is 0.0803 e. The summed E-state index contributed by atoms with van der Waals surface area (Å²) < 4.78 is 2.00. The molecule has 26 heavy (non-hydrogen) atoms. The summed E-state index contributed by atoms with van der Waals surface area (Å²) in [7, 11) is 0. The van der Waals surface area contributed by atoms with Crippen LogP contribution >= 0.6 is 23.2 Å². The number of rotatable bonds is 3. The molecule has 0 bridgehead atoms. The topological polar surface area (TPSA) is 29.9 Å². The van der Waals surface area contributed by atoms with Crippen molar-refractivity contribution >= 4 is 23.2 Å². The third-order valence-electron chi connectivity index (χ3n) is 5.09. The monoisotopic (exact) mass is 385 g/mol. The van der Waals surface area contributed by atoms with Crippen LogP contribution in [-0.2, 0) is 0 Å². The third-order valence-corrected chi connectivity index (χ3v) is 5.72. The molecule has 134 valence electrons. The first kappa shape index (κ1) is 17.6. The second-order valence-corrected chi connectivity index (χ2v) is 7.54. The number of nitrogens with zero attached hydrogens (tertiary/aromatic N) is 2. The van der Waals surface area contributed by atoms with E-state index >= 15 is 0 Å². The summed E-state index contributed by atoms with van der Waals surface area (Å²) in [4.78, 5) is 0. The van der Waals surface area contributed by atoms with E-state index in [1.165, 1.54) is 0 Å². The van der Waals surface area contributed by atoms with Crippen LogP contribution in [0.3, 0.4) is 0 Å². The summed E-state index contributed by atoms with van der Waals surface area (Å²) in [6.45, 7) is 4.20. The summed E-state index contributed by atoms with van der Waals surface area (Å²) >= 11 is 13.1. The van der Waals surface area contributed by atoms with Gasteiger partial charge in [-0.1, -0.05) is 47.5 Å². The van der Waals surface area contributed by atoms with Gasteiger partial charge in [0.15, 0.2) is 0 Å². The summed E-state index contributed by atoms with van der Waals surface area (Å²) in [6, 6.07) is 15.8. The second kappa shape index (κ2) is 7.43. The van der Waals surface area contributed by atoms with Crippen LogP contribution in [0.1, 0.15) is 30.0 Å². The maximum absolute atomic E-state index is 6.55.